The van der Waals surface area contributed by atoms with Crippen molar-refractivity contribution in [3.63, 3.8) is 0 Å². The van der Waals surface area contributed by atoms with E-state index in [1.165, 1.54) is 6.20 Å². The predicted octanol–water partition coefficient (Wildman–Crippen LogP) is 2.72. The van der Waals surface area contributed by atoms with Crippen molar-refractivity contribution in [3.05, 3.63) is 52.1 Å². The lowest BCUT2D eigenvalue weighted by atomic mass is 10.1. The van der Waals surface area contributed by atoms with E-state index in [-0.39, 0.29) is 11.6 Å². The van der Waals surface area contributed by atoms with E-state index >= 15 is 0 Å². The average molecular weight is 429 g/mol. The lowest BCUT2D eigenvalue weighted by Crippen LogP contribution is -2.49. The molecule has 27 heavy (non-hydrogen) atoms. The van der Waals surface area contributed by atoms with E-state index in [2.05, 4.69) is 9.71 Å². The molecular weight excluding hydrogens is 411 g/mol. The maximum Gasteiger partial charge on any atom is 0.256 e. The highest BCUT2D eigenvalue weighted by atomic mass is 35.5. The van der Waals surface area contributed by atoms with Crippen LogP contribution in [-0.4, -0.2) is 56.6 Å². The van der Waals surface area contributed by atoms with E-state index in [4.69, 9.17) is 23.2 Å². The largest absolute Gasteiger partial charge is 0.352 e. The molecule has 0 atom stereocenters. The van der Waals surface area contributed by atoms with E-state index < -0.39 is 10.0 Å². The summed E-state index contributed by atoms with van der Waals surface area (Å²) in [6, 6.07) is 8.20. The van der Waals surface area contributed by atoms with E-state index in [1.54, 1.807) is 35.2 Å². The van der Waals surface area contributed by atoms with Crippen LogP contribution in [0, 0.1) is 0 Å². The zero-order valence-corrected chi connectivity index (χ0v) is 16.9. The number of hydrogen-bond acceptors (Lipinski definition) is 5. The van der Waals surface area contributed by atoms with Gasteiger partial charge in [0.1, 0.15) is 5.82 Å². The molecule has 3 rings (SSSR count). The summed E-state index contributed by atoms with van der Waals surface area (Å²) >= 11 is 12.1. The summed E-state index contributed by atoms with van der Waals surface area (Å²) in [5.74, 6) is 0.406. The van der Waals surface area contributed by atoms with Gasteiger partial charge in [-0.05, 0) is 18.2 Å². The van der Waals surface area contributed by atoms with Crippen molar-refractivity contribution >= 4 is 50.6 Å². The van der Waals surface area contributed by atoms with Crippen molar-refractivity contribution in [2.45, 2.75) is 0 Å². The molecular formula is C17H18Cl2N4O3S. The lowest BCUT2D eigenvalue weighted by Gasteiger charge is -2.36. The first-order valence-electron chi connectivity index (χ1n) is 8.17. The van der Waals surface area contributed by atoms with Gasteiger partial charge in [0, 0.05) is 32.4 Å². The van der Waals surface area contributed by atoms with Gasteiger partial charge in [-0.3, -0.25) is 9.52 Å². The highest BCUT2D eigenvalue weighted by molar-refractivity contribution is 7.92. The second-order valence-corrected chi connectivity index (χ2v) is 8.75. The Morgan fingerprint density at radius 3 is 2.44 bits per heavy atom. The normalized spacial score (nSPS) is 14.9. The van der Waals surface area contributed by atoms with Gasteiger partial charge in [-0.2, -0.15) is 0 Å². The number of piperazine rings is 1. The first-order valence-corrected chi connectivity index (χ1v) is 10.8. The number of benzene rings is 1. The molecule has 1 aliphatic rings. The second-order valence-electron chi connectivity index (χ2n) is 6.16. The maximum absolute atomic E-state index is 12.9. The number of halogens is 2. The number of carbonyl (C=O) groups excluding carboxylic acids is 1. The van der Waals surface area contributed by atoms with Crippen molar-refractivity contribution < 1.29 is 13.2 Å². The number of nitrogens with zero attached hydrogens (tertiary/aromatic N) is 3. The van der Waals surface area contributed by atoms with Gasteiger partial charge in [0.15, 0.2) is 0 Å². The molecule has 1 N–H and O–H groups in total. The Balaban J connectivity index is 1.72. The number of rotatable bonds is 4. The molecule has 0 bridgehead atoms. The van der Waals surface area contributed by atoms with E-state index in [0.29, 0.717) is 47.6 Å². The molecule has 10 heteroatoms. The Hall–Kier alpha value is -2.03. The number of aromatic nitrogens is 1. The Morgan fingerprint density at radius 1 is 1.15 bits per heavy atom. The SMILES string of the molecule is CS(=O)(=O)Nc1ccccc1C(=O)N1CCN(c2ncc(Cl)cc2Cl)CC1. The van der Waals surface area contributed by atoms with Gasteiger partial charge in [0.05, 0.1) is 27.6 Å². The highest BCUT2D eigenvalue weighted by Crippen LogP contribution is 2.27. The molecule has 0 radical (unpaired) electrons. The number of sulfonamides is 1. The molecule has 1 aromatic carbocycles. The molecule has 0 aliphatic carbocycles. The smallest absolute Gasteiger partial charge is 0.256 e. The fourth-order valence-corrected chi connectivity index (χ4v) is 3.97. The summed E-state index contributed by atoms with van der Waals surface area (Å²) in [5, 5.41) is 0.928. The van der Waals surface area contributed by atoms with Crippen molar-refractivity contribution in [2.75, 3.05) is 42.1 Å². The number of carbonyl (C=O) groups is 1. The van der Waals surface area contributed by atoms with Gasteiger partial charge in [0.2, 0.25) is 10.0 Å². The van der Waals surface area contributed by atoms with Crippen LogP contribution in [0.2, 0.25) is 10.0 Å². The van der Waals surface area contributed by atoms with Crippen LogP contribution in [0.1, 0.15) is 10.4 Å². The quantitative estimate of drug-likeness (QED) is 0.808. The minimum atomic E-state index is -3.48. The molecule has 144 valence electrons. The van der Waals surface area contributed by atoms with Gasteiger partial charge >= 0.3 is 0 Å². The first kappa shape index (κ1) is 19.7. The number of hydrogen-bond donors (Lipinski definition) is 1. The topological polar surface area (TPSA) is 82.6 Å². The van der Waals surface area contributed by atoms with Crippen molar-refractivity contribution in [1.29, 1.82) is 0 Å². The number of amides is 1. The van der Waals surface area contributed by atoms with Gasteiger partial charge in [-0.1, -0.05) is 35.3 Å². The molecule has 2 aromatic rings. The molecule has 1 fully saturated rings. The third-order valence-electron chi connectivity index (χ3n) is 4.11. The number of nitrogens with one attached hydrogen (secondary N) is 1. The summed E-state index contributed by atoms with van der Waals surface area (Å²) in [7, 11) is -3.48. The first-order chi connectivity index (χ1) is 12.7. The molecule has 1 amide bonds. The van der Waals surface area contributed by atoms with E-state index in [1.807, 2.05) is 4.90 Å². The van der Waals surface area contributed by atoms with E-state index in [0.717, 1.165) is 6.26 Å². The zero-order chi connectivity index (χ0) is 19.6. The number of anilines is 2. The molecule has 0 spiro atoms. The monoisotopic (exact) mass is 428 g/mol. The zero-order valence-electron chi connectivity index (χ0n) is 14.5. The van der Waals surface area contributed by atoms with Crippen LogP contribution in [0.5, 0.6) is 0 Å². The Kier molecular flexibility index (Phi) is 5.78. The molecule has 1 saturated heterocycles. The molecule has 1 aromatic heterocycles. The fourth-order valence-electron chi connectivity index (χ4n) is 2.89. The minimum Gasteiger partial charge on any atom is -0.352 e. The van der Waals surface area contributed by atoms with E-state index in [9.17, 15) is 13.2 Å². The van der Waals surface area contributed by atoms with Gasteiger partial charge in [-0.15, -0.1) is 0 Å². The lowest BCUT2D eigenvalue weighted by molar-refractivity contribution is 0.0747. The average Bonchev–Trinajstić information content (AvgIpc) is 2.60. The Labute approximate surface area is 167 Å². The summed E-state index contributed by atoms with van der Waals surface area (Å²) in [6.07, 6.45) is 2.59. The summed E-state index contributed by atoms with van der Waals surface area (Å²) in [4.78, 5) is 20.8. The summed E-state index contributed by atoms with van der Waals surface area (Å²) in [5.41, 5.74) is 0.592. The van der Waals surface area contributed by atoms with Gasteiger partial charge in [-0.25, -0.2) is 13.4 Å². The van der Waals surface area contributed by atoms with Crippen LogP contribution in [0.3, 0.4) is 0 Å². The van der Waals surface area contributed by atoms with Crippen molar-refractivity contribution in [3.8, 4) is 0 Å². The third-order valence-corrected chi connectivity index (χ3v) is 5.18. The van der Waals surface area contributed by atoms with Crippen molar-refractivity contribution in [1.82, 2.24) is 9.88 Å². The fraction of sp³-hybridized carbons (Fsp3) is 0.294. The van der Waals surface area contributed by atoms with Crippen LogP contribution in [0.25, 0.3) is 0 Å². The predicted molar refractivity (Wildman–Crippen MR) is 107 cm³/mol. The van der Waals surface area contributed by atoms with Crippen LogP contribution in [0.15, 0.2) is 36.5 Å². The van der Waals surface area contributed by atoms with Gasteiger partial charge in [0.25, 0.3) is 5.91 Å². The Bertz CT molecular complexity index is 960. The highest BCUT2D eigenvalue weighted by Gasteiger charge is 2.25. The maximum atomic E-state index is 12.9. The number of pyridine rings is 1. The molecule has 0 unspecified atom stereocenters. The van der Waals surface area contributed by atoms with Crippen LogP contribution in [-0.2, 0) is 10.0 Å². The van der Waals surface area contributed by atoms with Crippen LogP contribution < -0.4 is 9.62 Å². The minimum absolute atomic E-state index is 0.225. The molecule has 7 nitrogen and oxygen atoms in total. The third kappa shape index (κ3) is 4.82. The summed E-state index contributed by atoms with van der Waals surface area (Å²) in [6.45, 7) is 2.04. The standard InChI is InChI=1S/C17H18Cl2N4O3S/c1-27(25,26)21-15-5-3-2-4-13(15)17(24)23-8-6-22(7-9-23)16-14(19)10-12(18)11-20-16/h2-5,10-11,21H,6-9H2,1H3. The van der Waals surface area contributed by atoms with Gasteiger partial charge < -0.3 is 9.80 Å². The Morgan fingerprint density at radius 2 is 1.81 bits per heavy atom. The molecule has 2 heterocycles. The van der Waals surface area contributed by atoms with Crippen LogP contribution >= 0.6 is 23.2 Å². The second kappa shape index (κ2) is 7.92. The summed E-state index contributed by atoms with van der Waals surface area (Å²) < 4.78 is 25.5. The van der Waals surface area contributed by atoms with Crippen LogP contribution in [0.4, 0.5) is 11.5 Å². The number of para-hydroxylation sites is 1. The van der Waals surface area contributed by atoms with Crippen molar-refractivity contribution in [2.24, 2.45) is 0 Å². The molecule has 1 aliphatic heterocycles. The molecule has 0 saturated carbocycles.